The summed E-state index contributed by atoms with van der Waals surface area (Å²) in [5.41, 5.74) is 6.14. The van der Waals surface area contributed by atoms with Crippen molar-refractivity contribution in [2.45, 2.75) is 18.2 Å². The standard InChI is InChI=1S/C9H12ClNOS/c1-2-5-12-7-4-3-6(10)8(11)9(7)13/h3-4,13H,2,5,11H2,1H3. The van der Waals surface area contributed by atoms with Gasteiger partial charge in [-0.25, -0.2) is 0 Å². The fraction of sp³-hybridized carbons (Fsp3) is 0.333. The second-order valence-electron chi connectivity index (χ2n) is 2.66. The molecule has 13 heavy (non-hydrogen) atoms. The molecule has 0 amide bonds. The molecular weight excluding hydrogens is 206 g/mol. The van der Waals surface area contributed by atoms with E-state index in [4.69, 9.17) is 22.1 Å². The van der Waals surface area contributed by atoms with E-state index in [9.17, 15) is 0 Å². The zero-order chi connectivity index (χ0) is 9.84. The van der Waals surface area contributed by atoms with E-state index < -0.39 is 0 Å². The number of halogens is 1. The normalized spacial score (nSPS) is 10.1. The van der Waals surface area contributed by atoms with Crippen molar-refractivity contribution in [2.75, 3.05) is 12.3 Å². The number of ether oxygens (including phenoxy) is 1. The molecule has 0 atom stereocenters. The van der Waals surface area contributed by atoms with Crippen LogP contribution in [0.1, 0.15) is 13.3 Å². The molecule has 1 aromatic carbocycles. The number of benzene rings is 1. The molecule has 2 nitrogen and oxygen atoms in total. The first-order valence-corrected chi connectivity index (χ1v) is 4.89. The lowest BCUT2D eigenvalue weighted by molar-refractivity contribution is 0.311. The van der Waals surface area contributed by atoms with Crippen molar-refractivity contribution in [3.8, 4) is 5.75 Å². The topological polar surface area (TPSA) is 35.2 Å². The third kappa shape index (κ3) is 2.45. The van der Waals surface area contributed by atoms with Crippen molar-refractivity contribution in [1.82, 2.24) is 0 Å². The Hall–Kier alpha value is -0.540. The summed E-state index contributed by atoms with van der Waals surface area (Å²) in [5.74, 6) is 0.687. The number of rotatable bonds is 3. The van der Waals surface area contributed by atoms with Gasteiger partial charge in [0.15, 0.2) is 0 Å². The van der Waals surface area contributed by atoms with E-state index >= 15 is 0 Å². The zero-order valence-electron chi connectivity index (χ0n) is 7.38. The Morgan fingerprint density at radius 3 is 2.85 bits per heavy atom. The molecule has 1 rings (SSSR count). The smallest absolute Gasteiger partial charge is 0.134 e. The van der Waals surface area contributed by atoms with Crippen molar-refractivity contribution in [3.05, 3.63) is 17.2 Å². The molecule has 0 heterocycles. The van der Waals surface area contributed by atoms with Crippen LogP contribution in [0, 0.1) is 0 Å². The lowest BCUT2D eigenvalue weighted by atomic mass is 10.3. The Labute approximate surface area is 88.4 Å². The van der Waals surface area contributed by atoms with Crippen LogP contribution < -0.4 is 10.5 Å². The number of nitrogens with two attached hydrogens (primary N) is 1. The maximum Gasteiger partial charge on any atom is 0.134 e. The molecule has 0 fully saturated rings. The van der Waals surface area contributed by atoms with Gasteiger partial charge < -0.3 is 10.5 Å². The molecule has 0 saturated carbocycles. The van der Waals surface area contributed by atoms with Gasteiger partial charge >= 0.3 is 0 Å². The highest BCUT2D eigenvalue weighted by Crippen LogP contribution is 2.33. The van der Waals surface area contributed by atoms with Gasteiger partial charge in [-0.15, -0.1) is 12.6 Å². The summed E-state index contributed by atoms with van der Waals surface area (Å²) < 4.78 is 5.41. The van der Waals surface area contributed by atoms with Gasteiger partial charge in [0.1, 0.15) is 5.75 Å². The van der Waals surface area contributed by atoms with Gasteiger partial charge in [0.2, 0.25) is 0 Å². The van der Waals surface area contributed by atoms with E-state index in [1.54, 1.807) is 12.1 Å². The second kappa shape index (κ2) is 4.63. The van der Waals surface area contributed by atoms with E-state index in [-0.39, 0.29) is 0 Å². The molecular formula is C9H12ClNOS. The minimum Gasteiger partial charge on any atom is -0.492 e. The first kappa shape index (κ1) is 10.5. The highest BCUT2D eigenvalue weighted by Gasteiger charge is 2.06. The molecule has 0 spiro atoms. The number of hydrogen-bond donors (Lipinski definition) is 2. The fourth-order valence-electron chi connectivity index (χ4n) is 0.892. The Bertz CT molecular complexity index is 304. The van der Waals surface area contributed by atoms with E-state index in [2.05, 4.69) is 12.6 Å². The van der Waals surface area contributed by atoms with Crippen LogP contribution in [0.5, 0.6) is 5.75 Å². The van der Waals surface area contributed by atoms with Crippen molar-refractivity contribution >= 4 is 29.9 Å². The molecule has 2 N–H and O–H groups in total. The lowest BCUT2D eigenvalue weighted by Crippen LogP contribution is -1.98. The van der Waals surface area contributed by atoms with Gasteiger partial charge in [0.05, 0.1) is 22.2 Å². The maximum absolute atomic E-state index is 5.79. The van der Waals surface area contributed by atoms with Crippen molar-refractivity contribution < 1.29 is 4.74 Å². The van der Waals surface area contributed by atoms with Gasteiger partial charge in [-0.3, -0.25) is 0 Å². The Morgan fingerprint density at radius 1 is 1.54 bits per heavy atom. The molecule has 0 aliphatic heterocycles. The number of nitrogen functional groups attached to an aromatic ring is 1. The first-order valence-electron chi connectivity index (χ1n) is 4.06. The van der Waals surface area contributed by atoms with Crippen LogP contribution in [0.25, 0.3) is 0 Å². The van der Waals surface area contributed by atoms with Crippen molar-refractivity contribution in [2.24, 2.45) is 0 Å². The van der Waals surface area contributed by atoms with Gasteiger partial charge in [-0.1, -0.05) is 18.5 Å². The molecule has 0 aliphatic rings. The summed E-state index contributed by atoms with van der Waals surface area (Å²) in [6.45, 7) is 2.70. The Balaban J connectivity index is 2.90. The van der Waals surface area contributed by atoms with Crippen LogP contribution in [0.15, 0.2) is 17.0 Å². The van der Waals surface area contributed by atoms with Crippen LogP contribution in [-0.2, 0) is 0 Å². The van der Waals surface area contributed by atoms with Crippen LogP contribution in [-0.4, -0.2) is 6.61 Å². The van der Waals surface area contributed by atoms with Crippen LogP contribution >= 0.6 is 24.2 Å². The number of hydrogen-bond acceptors (Lipinski definition) is 3. The fourth-order valence-corrected chi connectivity index (χ4v) is 1.37. The van der Waals surface area contributed by atoms with Crippen LogP contribution in [0.2, 0.25) is 5.02 Å². The molecule has 0 bridgehead atoms. The molecule has 0 aromatic heterocycles. The second-order valence-corrected chi connectivity index (χ2v) is 3.51. The van der Waals surface area contributed by atoms with Gasteiger partial charge in [-0.2, -0.15) is 0 Å². The lowest BCUT2D eigenvalue weighted by Gasteiger charge is -2.09. The summed E-state index contributed by atoms with van der Waals surface area (Å²) in [5, 5.41) is 0.508. The van der Waals surface area contributed by atoms with Gasteiger partial charge in [0, 0.05) is 0 Å². The van der Waals surface area contributed by atoms with Crippen LogP contribution in [0.4, 0.5) is 5.69 Å². The molecule has 0 unspecified atom stereocenters. The third-order valence-electron chi connectivity index (χ3n) is 1.59. The molecule has 4 heteroatoms. The van der Waals surface area contributed by atoms with Crippen molar-refractivity contribution in [1.29, 1.82) is 0 Å². The van der Waals surface area contributed by atoms with Crippen LogP contribution in [0.3, 0.4) is 0 Å². The monoisotopic (exact) mass is 217 g/mol. The highest BCUT2D eigenvalue weighted by molar-refractivity contribution is 7.80. The molecule has 0 radical (unpaired) electrons. The third-order valence-corrected chi connectivity index (χ3v) is 2.38. The predicted molar refractivity (Wildman–Crippen MR) is 58.9 cm³/mol. The van der Waals surface area contributed by atoms with E-state index in [1.165, 1.54) is 0 Å². The summed E-state index contributed by atoms with van der Waals surface area (Å²) in [6, 6.07) is 3.48. The minimum atomic E-state index is 0.471. The Morgan fingerprint density at radius 2 is 2.23 bits per heavy atom. The maximum atomic E-state index is 5.79. The summed E-state index contributed by atoms with van der Waals surface area (Å²) in [7, 11) is 0. The Kier molecular flexibility index (Phi) is 3.75. The SMILES string of the molecule is CCCOc1ccc(Cl)c(N)c1S. The minimum absolute atomic E-state index is 0.471. The summed E-state index contributed by atoms with van der Waals surface area (Å²) >= 11 is 10.0. The predicted octanol–water partition coefficient (Wildman–Crippen LogP) is 3.00. The van der Waals surface area contributed by atoms with E-state index in [0.29, 0.717) is 28.0 Å². The van der Waals surface area contributed by atoms with Crippen molar-refractivity contribution in [3.63, 3.8) is 0 Å². The van der Waals surface area contributed by atoms with Gasteiger partial charge in [0.25, 0.3) is 0 Å². The van der Waals surface area contributed by atoms with E-state index in [0.717, 1.165) is 6.42 Å². The molecule has 72 valence electrons. The molecule has 0 aliphatic carbocycles. The number of anilines is 1. The average molecular weight is 218 g/mol. The average Bonchev–Trinajstić information content (AvgIpc) is 2.13. The zero-order valence-corrected chi connectivity index (χ0v) is 9.03. The summed E-state index contributed by atoms with van der Waals surface area (Å²) in [6.07, 6.45) is 0.954. The largest absolute Gasteiger partial charge is 0.492 e. The highest BCUT2D eigenvalue weighted by atomic mass is 35.5. The molecule has 1 aromatic rings. The first-order chi connectivity index (χ1) is 6.16. The molecule has 0 saturated heterocycles. The number of thiol groups is 1. The van der Waals surface area contributed by atoms with E-state index in [1.807, 2.05) is 6.92 Å². The quantitative estimate of drug-likeness (QED) is 0.603. The summed E-state index contributed by atoms with van der Waals surface area (Å²) in [4.78, 5) is 0.612. The van der Waals surface area contributed by atoms with Gasteiger partial charge in [-0.05, 0) is 18.6 Å².